The quantitative estimate of drug-likeness (QED) is 0.259. The van der Waals surface area contributed by atoms with Crippen LogP contribution in [0.5, 0.6) is 0 Å². The summed E-state index contributed by atoms with van der Waals surface area (Å²) in [5, 5.41) is 9.44. The first-order valence-corrected chi connectivity index (χ1v) is 15.4. The van der Waals surface area contributed by atoms with E-state index in [1.165, 1.54) is 6.07 Å². The predicted molar refractivity (Wildman–Crippen MR) is 160 cm³/mol. The van der Waals surface area contributed by atoms with E-state index in [4.69, 9.17) is 4.74 Å². The maximum absolute atomic E-state index is 14.4. The highest BCUT2D eigenvalue weighted by Gasteiger charge is 2.32. The van der Waals surface area contributed by atoms with E-state index in [1.54, 1.807) is 24.2 Å². The summed E-state index contributed by atoms with van der Waals surface area (Å²) >= 11 is 0. The molecule has 2 amide bonds. The number of methoxy groups -OCH3 is 1. The standard InChI is InChI=1S/C32H45F2N5O3/c1-5-8-20-11-13-25(20)30(32(41)37-23(7-3)18-42-4)39-17-29(35-19-39)38-31(40)28(9-6-2)36-24-12-10-21-14-22(33)15-27(34)26(21)16-24/h14-15,17,19-20,23-24,28,36H,5-13,16,18H2,1-4H3,(H,37,41)(H,38,40)/b30-25+/t20?,23?,24-,28-/m0/s1. The second kappa shape index (κ2) is 14.9. The van der Waals surface area contributed by atoms with Gasteiger partial charge in [0.25, 0.3) is 5.91 Å². The Labute approximate surface area is 247 Å². The number of aryl methyl sites for hydroxylation is 1. The van der Waals surface area contributed by atoms with Crippen molar-refractivity contribution in [2.45, 2.75) is 103 Å². The largest absolute Gasteiger partial charge is 0.383 e. The molecule has 4 atom stereocenters. The summed E-state index contributed by atoms with van der Waals surface area (Å²) in [6.07, 6.45) is 11.0. The molecule has 1 saturated carbocycles. The average molecular weight is 586 g/mol. The van der Waals surface area contributed by atoms with Gasteiger partial charge < -0.3 is 20.7 Å². The Morgan fingerprint density at radius 1 is 1.14 bits per heavy atom. The van der Waals surface area contributed by atoms with Gasteiger partial charge in [-0.15, -0.1) is 0 Å². The fourth-order valence-electron chi connectivity index (χ4n) is 6.13. The summed E-state index contributed by atoms with van der Waals surface area (Å²) in [6, 6.07) is 1.61. The van der Waals surface area contributed by atoms with Crippen LogP contribution in [-0.4, -0.2) is 53.2 Å². The van der Waals surface area contributed by atoms with E-state index in [1.807, 2.05) is 13.8 Å². The molecule has 10 heteroatoms. The zero-order valence-corrected chi connectivity index (χ0v) is 25.3. The minimum Gasteiger partial charge on any atom is -0.383 e. The number of nitrogens with zero attached hydrogens (tertiary/aromatic N) is 2. The third kappa shape index (κ3) is 7.64. The van der Waals surface area contributed by atoms with Gasteiger partial charge in [0.15, 0.2) is 5.82 Å². The summed E-state index contributed by atoms with van der Waals surface area (Å²) in [4.78, 5) is 31.3. The number of allylic oxidation sites excluding steroid dienone is 1. The maximum Gasteiger partial charge on any atom is 0.268 e. The number of fused-ring (bicyclic) bond motifs is 1. The number of anilines is 1. The lowest BCUT2D eigenvalue weighted by atomic mass is 9.75. The Morgan fingerprint density at radius 2 is 1.95 bits per heavy atom. The second-order valence-corrected chi connectivity index (χ2v) is 11.6. The number of nitrogens with one attached hydrogen (secondary N) is 3. The van der Waals surface area contributed by atoms with Gasteiger partial charge >= 0.3 is 0 Å². The molecule has 4 rings (SSSR count). The van der Waals surface area contributed by atoms with E-state index in [0.29, 0.717) is 60.8 Å². The van der Waals surface area contributed by atoms with Crippen LogP contribution in [0.1, 0.15) is 83.3 Å². The number of halogens is 2. The summed E-state index contributed by atoms with van der Waals surface area (Å²) in [5.41, 5.74) is 2.90. The van der Waals surface area contributed by atoms with Crippen molar-refractivity contribution in [1.29, 1.82) is 0 Å². The van der Waals surface area contributed by atoms with E-state index in [-0.39, 0.29) is 23.9 Å². The molecular formula is C32H45F2N5O3. The number of imidazole rings is 1. The van der Waals surface area contributed by atoms with Crippen molar-refractivity contribution in [1.82, 2.24) is 20.2 Å². The van der Waals surface area contributed by atoms with Crippen LogP contribution >= 0.6 is 0 Å². The molecule has 1 aromatic heterocycles. The van der Waals surface area contributed by atoms with Crippen LogP contribution in [0.2, 0.25) is 0 Å². The number of ether oxygens (including phenoxy) is 1. The lowest BCUT2D eigenvalue weighted by Crippen LogP contribution is -2.48. The molecule has 2 aromatic rings. The fraction of sp³-hybridized carbons (Fsp3) is 0.594. The zero-order chi connectivity index (χ0) is 30.2. The van der Waals surface area contributed by atoms with Crippen LogP contribution in [0.3, 0.4) is 0 Å². The van der Waals surface area contributed by atoms with Crippen molar-refractivity contribution in [2.24, 2.45) is 5.92 Å². The maximum atomic E-state index is 14.4. The lowest BCUT2D eigenvalue weighted by Gasteiger charge is -2.33. The zero-order valence-electron chi connectivity index (χ0n) is 25.3. The van der Waals surface area contributed by atoms with Crippen molar-refractivity contribution in [3.05, 3.63) is 53.0 Å². The van der Waals surface area contributed by atoms with Crippen molar-refractivity contribution < 1.29 is 23.1 Å². The van der Waals surface area contributed by atoms with Crippen LogP contribution in [0.4, 0.5) is 14.6 Å². The van der Waals surface area contributed by atoms with E-state index < -0.39 is 17.7 Å². The van der Waals surface area contributed by atoms with Crippen LogP contribution < -0.4 is 16.0 Å². The molecule has 1 heterocycles. The summed E-state index contributed by atoms with van der Waals surface area (Å²) in [7, 11) is 1.62. The topological polar surface area (TPSA) is 97.3 Å². The number of rotatable bonds is 14. The lowest BCUT2D eigenvalue weighted by molar-refractivity contribution is -0.118. The second-order valence-electron chi connectivity index (χ2n) is 11.6. The van der Waals surface area contributed by atoms with Crippen LogP contribution in [0, 0.1) is 17.6 Å². The van der Waals surface area contributed by atoms with E-state index in [9.17, 15) is 18.4 Å². The number of carbonyl (C=O) groups excluding carboxylic acids is 2. The van der Waals surface area contributed by atoms with Gasteiger partial charge in [-0.05, 0) is 80.1 Å². The number of carbonyl (C=O) groups is 2. The first-order valence-electron chi connectivity index (χ1n) is 15.4. The molecular weight excluding hydrogens is 540 g/mol. The Morgan fingerprint density at radius 3 is 2.62 bits per heavy atom. The highest BCUT2D eigenvalue weighted by molar-refractivity contribution is 6.15. The molecule has 2 aliphatic carbocycles. The molecule has 0 aliphatic heterocycles. The number of hydrogen-bond donors (Lipinski definition) is 3. The Kier molecular flexibility index (Phi) is 11.3. The minimum absolute atomic E-state index is 0.106. The monoisotopic (exact) mass is 585 g/mol. The summed E-state index contributed by atoms with van der Waals surface area (Å²) < 4.78 is 35.1. The van der Waals surface area contributed by atoms with E-state index in [2.05, 4.69) is 27.9 Å². The van der Waals surface area contributed by atoms with Crippen LogP contribution in [0.15, 0.2) is 30.2 Å². The third-order valence-corrected chi connectivity index (χ3v) is 8.50. The van der Waals surface area contributed by atoms with Crippen molar-refractivity contribution in [3.8, 4) is 0 Å². The number of amides is 2. The summed E-state index contributed by atoms with van der Waals surface area (Å²) in [5.74, 6) is -0.772. The van der Waals surface area contributed by atoms with Gasteiger partial charge in [-0.1, -0.05) is 33.6 Å². The molecule has 0 spiro atoms. The average Bonchev–Trinajstić information content (AvgIpc) is 3.41. The molecule has 8 nitrogen and oxygen atoms in total. The third-order valence-electron chi connectivity index (χ3n) is 8.50. The van der Waals surface area contributed by atoms with Gasteiger partial charge in [0.2, 0.25) is 5.91 Å². The van der Waals surface area contributed by atoms with Crippen LogP contribution in [0.25, 0.3) is 5.70 Å². The van der Waals surface area contributed by atoms with Gasteiger partial charge in [-0.2, -0.15) is 0 Å². The number of benzene rings is 1. The molecule has 230 valence electrons. The fourth-order valence-corrected chi connectivity index (χ4v) is 6.13. The smallest absolute Gasteiger partial charge is 0.268 e. The SMILES string of the molecule is CCCC1CC/C1=C(/C(=O)NC(CC)COC)n1cnc(NC(=O)[C@H](CCC)N[C@H]2CCc3cc(F)cc(F)c3C2)c1. The van der Waals surface area contributed by atoms with Gasteiger partial charge in [-0.3, -0.25) is 14.2 Å². The van der Waals surface area contributed by atoms with Gasteiger partial charge in [0.1, 0.15) is 23.7 Å². The highest BCUT2D eigenvalue weighted by Crippen LogP contribution is 2.40. The molecule has 0 saturated heterocycles. The molecule has 1 aromatic carbocycles. The highest BCUT2D eigenvalue weighted by atomic mass is 19.1. The predicted octanol–water partition coefficient (Wildman–Crippen LogP) is 5.38. The Hall–Kier alpha value is -3.11. The van der Waals surface area contributed by atoms with Gasteiger partial charge in [0.05, 0.1) is 24.9 Å². The van der Waals surface area contributed by atoms with Crippen molar-refractivity contribution in [3.63, 3.8) is 0 Å². The molecule has 0 radical (unpaired) electrons. The van der Waals surface area contributed by atoms with E-state index >= 15 is 0 Å². The first-order chi connectivity index (χ1) is 20.3. The molecule has 1 fully saturated rings. The van der Waals surface area contributed by atoms with Gasteiger partial charge in [0, 0.05) is 19.2 Å². The van der Waals surface area contributed by atoms with Crippen LogP contribution in [-0.2, 0) is 27.2 Å². The van der Waals surface area contributed by atoms with E-state index in [0.717, 1.165) is 50.2 Å². The number of aromatic nitrogens is 2. The molecule has 0 bridgehead atoms. The first kappa shape index (κ1) is 31.8. The number of hydrogen-bond acceptors (Lipinski definition) is 5. The van der Waals surface area contributed by atoms with Crippen molar-refractivity contribution in [2.75, 3.05) is 19.0 Å². The van der Waals surface area contributed by atoms with Crippen molar-refractivity contribution >= 4 is 23.3 Å². The summed E-state index contributed by atoms with van der Waals surface area (Å²) in [6.45, 7) is 6.59. The minimum atomic E-state index is -0.560. The molecule has 42 heavy (non-hydrogen) atoms. The Balaban J connectivity index is 1.48. The molecule has 2 aliphatic rings. The molecule has 2 unspecified atom stereocenters. The Bertz CT molecular complexity index is 1280. The molecule has 3 N–H and O–H groups in total. The normalized spacial score (nSPS) is 20.7. The van der Waals surface area contributed by atoms with Gasteiger partial charge in [-0.25, -0.2) is 13.8 Å².